The van der Waals surface area contributed by atoms with Crippen molar-refractivity contribution in [1.29, 1.82) is 0 Å². The van der Waals surface area contributed by atoms with Crippen LogP contribution < -0.4 is 5.32 Å². The van der Waals surface area contributed by atoms with E-state index in [2.05, 4.69) is 21.4 Å². The molecule has 1 spiro atoms. The maximum atomic E-state index is 13.3. The van der Waals surface area contributed by atoms with Crippen LogP contribution in [0.3, 0.4) is 0 Å². The predicted molar refractivity (Wildman–Crippen MR) is 104 cm³/mol. The van der Waals surface area contributed by atoms with Crippen LogP contribution in [0.2, 0.25) is 0 Å². The largest absolute Gasteiger partial charge is 0.370 e. The monoisotopic (exact) mass is 386 g/mol. The van der Waals surface area contributed by atoms with Crippen molar-refractivity contribution in [3.63, 3.8) is 0 Å². The first-order valence-electron chi connectivity index (χ1n) is 10.0. The van der Waals surface area contributed by atoms with Gasteiger partial charge >= 0.3 is 0 Å². The van der Waals surface area contributed by atoms with Gasteiger partial charge in [0.15, 0.2) is 0 Å². The van der Waals surface area contributed by atoms with Crippen LogP contribution >= 0.6 is 11.3 Å². The van der Waals surface area contributed by atoms with E-state index in [4.69, 9.17) is 4.74 Å². The van der Waals surface area contributed by atoms with Gasteiger partial charge in [-0.05, 0) is 50.4 Å². The third kappa shape index (κ3) is 3.11. The highest BCUT2D eigenvalue weighted by atomic mass is 32.1. The molecule has 3 aliphatic rings. The van der Waals surface area contributed by atoms with Gasteiger partial charge in [-0.1, -0.05) is 0 Å². The van der Waals surface area contributed by atoms with Gasteiger partial charge in [-0.25, -0.2) is 4.98 Å². The summed E-state index contributed by atoms with van der Waals surface area (Å²) in [5.74, 6) is 1.49. The minimum atomic E-state index is -0.174. The van der Waals surface area contributed by atoms with Gasteiger partial charge in [-0.3, -0.25) is 4.79 Å². The van der Waals surface area contributed by atoms with Crippen LogP contribution in [-0.2, 0) is 16.8 Å². The Morgan fingerprint density at radius 2 is 2.26 bits per heavy atom. The Labute approximate surface area is 163 Å². The van der Waals surface area contributed by atoms with E-state index >= 15 is 0 Å². The van der Waals surface area contributed by atoms with E-state index in [0.29, 0.717) is 5.92 Å². The van der Waals surface area contributed by atoms with Crippen LogP contribution in [0.4, 0.5) is 0 Å². The summed E-state index contributed by atoms with van der Waals surface area (Å²) in [6, 6.07) is 2.14. The Bertz CT molecular complexity index is 810. The fraction of sp³-hybridized carbons (Fsp3) is 0.600. The number of ether oxygens (including phenoxy) is 1. The number of carbonyl (C=O) groups excluding carboxylic acids is 1. The number of amides is 1. The molecule has 3 aliphatic heterocycles. The number of nitrogens with zero attached hydrogens (tertiary/aromatic N) is 2. The fourth-order valence-electron chi connectivity index (χ4n) is 4.81. The molecule has 6 nitrogen and oxygen atoms in total. The van der Waals surface area contributed by atoms with Crippen LogP contribution in [0, 0.1) is 0 Å². The van der Waals surface area contributed by atoms with E-state index in [0.717, 1.165) is 75.6 Å². The summed E-state index contributed by atoms with van der Waals surface area (Å²) < 4.78 is 6.27. The third-order valence-electron chi connectivity index (χ3n) is 6.24. The number of aromatic amines is 1. The lowest BCUT2D eigenvalue weighted by molar-refractivity contribution is -0.0792. The molecule has 144 valence electrons. The average Bonchev–Trinajstić information content (AvgIpc) is 3.39. The number of H-pyrrole nitrogens is 1. The second-order valence-electron chi connectivity index (χ2n) is 7.85. The molecule has 1 amide bonds. The third-order valence-corrected chi connectivity index (χ3v) is 7.43. The van der Waals surface area contributed by atoms with Crippen molar-refractivity contribution in [2.45, 2.75) is 43.6 Å². The number of aromatic nitrogens is 2. The second-order valence-corrected chi connectivity index (χ2v) is 8.99. The van der Waals surface area contributed by atoms with Crippen LogP contribution in [0.25, 0.3) is 0 Å². The number of hydrogen-bond acceptors (Lipinski definition) is 5. The highest BCUT2D eigenvalue weighted by molar-refractivity contribution is 7.14. The van der Waals surface area contributed by atoms with Crippen molar-refractivity contribution in [2.24, 2.45) is 0 Å². The quantitative estimate of drug-likeness (QED) is 0.832. The number of hydrogen-bond donors (Lipinski definition) is 2. The lowest BCUT2D eigenvalue weighted by Crippen LogP contribution is -2.44. The minimum Gasteiger partial charge on any atom is -0.370 e. The Morgan fingerprint density at radius 3 is 3.07 bits per heavy atom. The number of imidazole rings is 1. The van der Waals surface area contributed by atoms with Crippen molar-refractivity contribution in [3.8, 4) is 0 Å². The lowest BCUT2D eigenvalue weighted by Gasteiger charge is -2.40. The van der Waals surface area contributed by atoms with Crippen LogP contribution in [0.5, 0.6) is 0 Å². The molecule has 5 heterocycles. The van der Waals surface area contributed by atoms with Gasteiger partial charge in [-0.15, -0.1) is 11.3 Å². The zero-order valence-corrected chi connectivity index (χ0v) is 16.3. The molecule has 2 aromatic heterocycles. The van der Waals surface area contributed by atoms with Crippen LogP contribution in [0.15, 0.2) is 18.5 Å². The van der Waals surface area contributed by atoms with Crippen molar-refractivity contribution >= 4 is 17.2 Å². The summed E-state index contributed by atoms with van der Waals surface area (Å²) in [4.78, 5) is 25.1. The summed E-state index contributed by atoms with van der Waals surface area (Å²) >= 11 is 1.69. The topological polar surface area (TPSA) is 70.2 Å². The molecule has 2 aromatic rings. The maximum absolute atomic E-state index is 13.3. The molecule has 0 aromatic carbocycles. The molecule has 1 unspecified atom stereocenters. The number of nitrogens with one attached hydrogen (secondary N) is 2. The summed E-state index contributed by atoms with van der Waals surface area (Å²) in [6.07, 6.45) is 8.69. The Balaban J connectivity index is 1.38. The number of likely N-dealkylation sites (tertiary alicyclic amines) is 1. The molecule has 5 rings (SSSR count). The Kier molecular flexibility index (Phi) is 4.53. The van der Waals surface area contributed by atoms with Crippen molar-refractivity contribution in [1.82, 2.24) is 20.2 Å². The Hall–Kier alpha value is -1.70. The number of carbonyl (C=O) groups is 1. The first-order valence-corrected chi connectivity index (χ1v) is 10.8. The second kappa shape index (κ2) is 7.04. The molecule has 0 bridgehead atoms. The Morgan fingerprint density at radius 1 is 1.37 bits per heavy atom. The van der Waals surface area contributed by atoms with Crippen molar-refractivity contribution in [3.05, 3.63) is 39.6 Å². The molecule has 27 heavy (non-hydrogen) atoms. The summed E-state index contributed by atoms with van der Waals surface area (Å²) in [6.45, 7) is 4.32. The minimum absolute atomic E-state index is 0.174. The molecule has 2 N–H and O–H groups in total. The highest BCUT2D eigenvalue weighted by Crippen LogP contribution is 2.43. The summed E-state index contributed by atoms with van der Waals surface area (Å²) in [7, 11) is 0. The predicted octanol–water partition coefficient (Wildman–Crippen LogP) is 2.64. The van der Waals surface area contributed by atoms with E-state index in [1.54, 1.807) is 17.5 Å². The van der Waals surface area contributed by atoms with Gasteiger partial charge in [0, 0.05) is 42.7 Å². The zero-order chi connectivity index (χ0) is 18.3. The average molecular weight is 387 g/mol. The molecule has 0 aliphatic carbocycles. The number of thiophene rings is 1. The summed E-state index contributed by atoms with van der Waals surface area (Å²) in [5.41, 5.74) is 1.11. The van der Waals surface area contributed by atoms with E-state index in [1.165, 1.54) is 10.4 Å². The molecular weight excluding hydrogens is 360 g/mol. The number of rotatable bonds is 2. The van der Waals surface area contributed by atoms with E-state index in [-0.39, 0.29) is 11.5 Å². The van der Waals surface area contributed by atoms with Gasteiger partial charge in [0.25, 0.3) is 5.91 Å². The van der Waals surface area contributed by atoms with Crippen molar-refractivity contribution in [2.75, 3.05) is 32.8 Å². The first kappa shape index (κ1) is 17.4. The molecule has 2 fully saturated rings. The van der Waals surface area contributed by atoms with Crippen LogP contribution in [-0.4, -0.2) is 53.6 Å². The van der Waals surface area contributed by atoms with E-state index < -0.39 is 0 Å². The van der Waals surface area contributed by atoms with E-state index in [9.17, 15) is 4.79 Å². The molecular formula is C20H26N4O2S. The zero-order valence-electron chi connectivity index (χ0n) is 15.5. The SMILES string of the molecule is O=C(c1cc2c(s1)CCOC21CCNCC1)N1CCCC(c2ncc[nH]2)C1. The highest BCUT2D eigenvalue weighted by Gasteiger charge is 2.41. The first-order chi connectivity index (χ1) is 13.3. The molecule has 1 atom stereocenters. The van der Waals surface area contributed by atoms with Gasteiger partial charge in [0.2, 0.25) is 0 Å². The normalized spacial score (nSPS) is 24.7. The maximum Gasteiger partial charge on any atom is 0.263 e. The van der Waals surface area contributed by atoms with Gasteiger partial charge in [-0.2, -0.15) is 0 Å². The number of piperidine rings is 2. The van der Waals surface area contributed by atoms with Gasteiger partial charge < -0.3 is 19.9 Å². The summed E-state index contributed by atoms with van der Waals surface area (Å²) in [5, 5.41) is 3.43. The van der Waals surface area contributed by atoms with Crippen molar-refractivity contribution < 1.29 is 9.53 Å². The number of fused-ring (bicyclic) bond motifs is 2. The molecule has 2 saturated heterocycles. The molecule has 7 heteroatoms. The molecule has 0 saturated carbocycles. The van der Waals surface area contributed by atoms with E-state index in [1.807, 2.05) is 11.1 Å². The fourth-order valence-corrected chi connectivity index (χ4v) is 6.01. The van der Waals surface area contributed by atoms with Gasteiger partial charge in [0.1, 0.15) is 5.82 Å². The molecule has 0 radical (unpaired) electrons. The van der Waals surface area contributed by atoms with Crippen LogP contribution in [0.1, 0.15) is 57.5 Å². The van der Waals surface area contributed by atoms with Gasteiger partial charge in [0.05, 0.1) is 17.1 Å². The smallest absolute Gasteiger partial charge is 0.263 e. The lowest BCUT2D eigenvalue weighted by atomic mass is 9.83. The standard InChI is InChI=1S/C20H26N4O2S/c25-19(24-10-1-2-14(13-24)18-22-8-9-23-18)17-12-15-16(27-17)3-11-26-20(15)4-6-21-7-5-20/h8-9,12,14,21H,1-7,10-11,13H2,(H,22,23).